The van der Waals surface area contributed by atoms with Gasteiger partial charge in [-0.15, -0.1) is 0 Å². The molecule has 208 valence electrons. The third-order valence-corrected chi connectivity index (χ3v) is 8.72. The van der Waals surface area contributed by atoms with Crippen molar-refractivity contribution in [1.82, 2.24) is 9.88 Å². The molecule has 1 aromatic heterocycles. The van der Waals surface area contributed by atoms with Gasteiger partial charge in [0.25, 0.3) is 5.78 Å². The predicted molar refractivity (Wildman–Crippen MR) is 142 cm³/mol. The fraction of sp³-hybridized carbons (Fsp3) is 0.400. The summed E-state index contributed by atoms with van der Waals surface area (Å²) >= 11 is 0. The fourth-order valence-electron chi connectivity index (χ4n) is 7.12. The highest BCUT2D eigenvalue weighted by molar-refractivity contribution is 6.43. The van der Waals surface area contributed by atoms with E-state index in [0.29, 0.717) is 42.5 Å². The number of aromatic nitrogens is 1. The van der Waals surface area contributed by atoms with E-state index < -0.39 is 40.9 Å². The maximum Gasteiger partial charge on any atom is 0.410 e. The van der Waals surface area contributed by atoms with Crippen LogP contribution in [0.1, 0.15) is 47.8 Å². The molecule has 3 aromatic rings. The van der Waals surface area contributed by atoms with Crippen LogP contribution in [-0.4, -0.2) is 66.1 Å². The third kappa shape index (κ3) is 3.61. The van der Waals surface area contributed by atoms with Gasteiger partial charge in [0.2, 0.25) is 0 Å². The molecule has 10 nitrogen and oxygen atoms in total. The van der Waals surface area contributed by atoms with Gasteiger partial charge >= 0.3 is 18.0 Å². The van der Waals surface area contributed by atoms with E-state index >= 15 is 0 Å². The van der Waals surface area contributed by atoms with E-state index in [4.69, 9.17) is 18.9 Å². The second kappa shape index (κ2) is 9.39. The smallest absolute Gasteiger partial charge is 0.410 e. The van der Waals surface area contributed by atoms with E-state index in [-0.39, 0.29) is 23.8 Å². The summed E-state index contributed by atoms with van der Waals surface area (Å²) in [5.74, 6) is -2.10. The molecule has 7 rings (SSSR count). The monoisotopic (exact) mass is 546 g/mol. The highest BCUT2D eigenvalue weighted by atomic mass is 16.6. The fourth-order valence-corrected chi connectivity index (χ4v) is 7.12. The summed E-state index contributed by atoms with van der Waals surface area (Å²) in [6.45, 7) is 2.40. The van der Waals surface area contributed by atoms with Gasteiger partial charge in [-0.3, -0.25) is 14.5 Å². The Morgan fingerprint density at radius 2 is 1.88 bits per heavy atom. The van der Waals surface area contributed by atoms with Crippen molar-refractivity contribution in [2.45, 2.75) is 49.9 Å². The number of aromatic amines is 1. The largest absolute Gasteiger partial charge is 0.497 e. The first-order valence-corrected chi connectivity index (χ1v) is 13.3. The average molecular weight is 547 g/mol. The van der Waals surface area contributed by atoms with E-state index in [1.807, 2.05) is 37.3 Å². The summed E-state index contributed by atoms with van der Waals surface area (Å²) in [5.41, 5.74) is -0.710. The molecule has 4 bridgehead atoms. The summed E-state index contributed by atoms with van der Waals surface area (Å²) in [7, 11) is 2.63. The number of ketones is 1. The first-order chi connectivity index (χ1) is 19.3. The number of amides is 1. The Balaban J connectivity index is 1.50. The zero-order valence-corrected chi connectivity index (χ0v) is 22.5. The lowest BCUT2D eigenvalue weighted by Crippen LogP contribution is -2.70. The maximum absolute atomic E-state index is 14.0. The van der Waals surface area contributed by atoms with Crippen LogP contribution in [0.5, 0.6) is 5.75 Å². The van der Waals surface area contributed by atoms with Gasteiger partial charge in [0, 0.05) is 23.1 Å². The molecule has 4 fully saturated rings. The molecule has 2 unspecified atom stereocenters. The standard InChI is InChI=1S/C30H30N2O8/c1-4-29-13-18-14-30(27(35)40-29,26(29)32(15-18)28(36)39-16-17-8-6-5-7-9-17)24-22(23(33)25(34)38-3)20-12-19(37-2)10-11-21(20)31-24/h5-12,18,26,31H,4,13-16H2,1-3H3/t18?,26?,29-,30-/m1/s1. The Hall–Kier alpha value is -4.34. The SMILES string of the molecule is CC[C@@]12CC3CN(C(=O)OCc4ccccc4)C1[C@](c1[nH]c4ccc(OC)cc4c1C(=O)C(=O)OC)(C3)C(=O)O2. The summed E-state index contributed by atoms with van der Waals surface area (Å²) in [6.07, 6.45) is 0.862. The molecule has 1 N–H and O–H groups in total. The minimum Gasteiger partial charge on any atom is -0.497 e. The van der Waals surface area contributed by atoms with Crippen LogP contribution in [0, 0.1) is 5.92 Å². The van der Waals surface area contributed by atoms with Crippen molar-refractivity contribution in [1.29, 1.82) is 0 Å². The van der Waals surface area contributed by atoms with E-state index in [1.165, 1.54) is 7.11 Å². The van der Waals surface area contributed by atoms with Crippen molar-refractivity contribution in [3.63, 3.8) is 0 Å². The number of piperidine rings is 2. The molecule has 1 amide bonds. The van der Waals surface area contributed by atoms with Gasteiger partial charge < -0.3 is 23.9 Å². The Bertz CT molecular complexity index is 1530. The first kappa shape index (κ1) is 25.9. The van der Waals surface area contributed by atoms with Crippen LogP contribution in [0.2, 0.25) is 0 Å². The van der Waals surface area contributed by atoms with Crippen LogP contribution >= 0.6 is 0 Å². The van der Waals surface area contributed by atoms with Gasteiger partial charge in [0.05, 0.1) is 25.8 Å². The lowest BCUT2D eigenvalue weighted by Gasteiger charge is -2.55. The maximum atomic E-state index is 14.0. The lowest BCUT2D eigenvalue weighted by molar-refractivity contribution is -0.153. The molecular weight excluding hydrogens is 516 g/mol. The average Bonchev–Trinajstić information content (AvgIpc) is 3.46. The highest BCUT2D eigenvalue weighted by Crippen LogP contribution is 2.61. The van der Waals surface area contributed by atoms with Crippen LogP contribution in [0.4, 0.5) is 4.79 Å². The van der Waals surface area contributed by atoms with Gasteiger partial charge in [-0.2, -0.15) is 0 Å². The second-order valence-corrected chi connectivity index (χ2v) is 10.8. The number of esters is 2. The lowest BCUT2D eigenvalue weighted by atomic mass is 9.56. The normalized spacial score (nSPS) is 26.5. The number of nitrogens with zero attached hydrogens (tertiary/aromatic N) is 1. The number of H-pyrrole nitrogens is 1. The van der Waals surface area contributed by atoms with Crippen molar-refractivity contribution < 1.29 is 38.1 Å². The molecule has 2 aromatic carbocycles. The number of nitrogens with one attached hydrogen (secondary N) is 1. The number of methoxy groups -OCH3 is 2. The number of hydrogen-bond donors (Lipinski definition) is 1. The Labute approximate surface area is 230 Å². The van der Waals surface area contributed by atoms with Crippen molar-refractivity contribution in [2.75, 3.05) is 20.8 Å². The Morgan fingerprint density at radius 1 is 1.10 bits per heavy atom. The predicted octanol–water partition coefficient (Wildman–Crippen LogP) is 3.91. The number of rotatable bonds is 7. The first-order valence-electron chi connectivity index (χ1n) is 13.3. The summed E-state index contributed by atoms with van der Waals surface area (Å²) in [5, 5.41) is 0.417. The van der Waals surface area contributed by atoms with Crippen LogP contribution in [0.25, 0.3) is 10.9 Å². The molecule has 10 heteroatoms. The number of ether oxygens (including phenoxy) is 4. The highest BCUT2D eigenvalue weighted by Gasteiger charge is 2.75. The van der Waals surface area contributed by atoms with E-state index in [0.717, 1.165) is 12.7 Å². The number of benzene rings is 2. The van der Waals surface area contributed by atoms with Gasteiger partial charge in [-0.05, 0) is 48.9 Å². The molecule has 3 aliphatic heterocycles. The Morgan fingerprint density at radius 3 is 2.58 bits per heavy atom. The van der Waals surface area contributed by atoms with Crippen molar-refractivity contribution in [3.05, 3.63) is 65.4 Å². The van der Waals surface area contributed by atoms with Gasteiger partial charge in [-0.1, -0.05) is 37.3 Å². The number of Topliss-reactive ketones (excluding diaryl/α,β-unsaturated/α-hetero) is 1. The molecule has 4 aliphatic rings. The molecule has 4 atom stereocenters. The molecule has 1 saturated carbocycles. The van der Waals surface area contributed by atoms with Gasteiger partial charge in [-0.25, -0.2) is 9.59 Å². The number of carbonyl (C=O) groups is 4. The quantitative estimate of drug-likeness (QED) is 0.205. The molecule has 1 aliphatic carbocycles. The molecule has 0 radical (unpaired) electrons. The minimum absolute atomic E-state index is 0.0229. The zero-order valence-electron chi connectivity index (χ0n) is 22.5. The molecule has 40 heavy (non-hydrogen) atoms. The summed E-state index contributed by atoms with van der Waals surface area (Å²) in [6, 6.07) is 13.7. The number of hydrogen-bond acceptors (Lipinski definition) is 8. The van der Waals surface area contributed by atoms with E-state index in [9.17, 15) is 19.2 Å². The number of fused-ring (bicyclic) bond motifs is 2. The zero-order chi connectivity index (χ0) is 28.2. The molecular formula is C30H30N2O8. The van der Waals surface area contributed by atoms with Gasteiger partial charge in [0.15, 0.2) is 0 Å². The van der Waals surface area contributed by atoms with Crippen LogP contribution < -0.4 is 4.74 Å². The van der Waals surface area contributed by atoms with Gasteiger partial charge in [0.1, 0.15) is 23.4 Å². The van der Waals surface area contributed by atoms with Crippen molar-refractivity contribution in [2.24, 2.45) is 5.92 Å². The molecule has 4 heterocycles. The van der Waals surface area contributed by atoms with Crippen LogP contribution in [0.15, 0.2) is 48.5 Å². The Kier molecular flexibility index (Phi) is 6.08. The van der Waals surface area contributed by atoms with Crippen molar-refractivity contribution in [3.8, 4) is 5.75 Å². The summed E-state index contributed by atoms with van der Waals surface area (Å²) in [4.78, 5) is 58.6. The van der Waals surface area contributed by atoms with Crippen LogP contribution in [0.3, 0.4) is 0 Å². The second-order valence-electron chi connectivity index (χ2n) is 10.8. The number of carbonyl (C=O) groups excluding carboxylic acids is 4. The third-order valence-electron chi connectivity index (χ3n) is 8.72. The van der Waals surface area contributed by atoms with Crippen molar-refractivity contribution >= 4 is 34.7 Å². The van der Waals surface area contributed by atoms with E-state index in [2.05, 4.69) is 4.98 Å². The molecule has 3 saturated heterocycles. The molecule has 0 spiro atoms. The van der Waals surface area contributed by atoms with E-state index in [1.54, 1.807) is 23.1 Å². The summed E-state index contributed by atoms with van der Waals surface area (Å²) < 4.78 is 22.0. The van der Waals surface area contributed by atoms with Crippen LogP contribution in [-0.2, 0) is 35.8 Å². The minimum atomic E-state index is -1.41. The topological polar surface area (TPSA) is 124 Å².